The van der Waals surface area contributed by atoms with Gasteiger partial charge in [0, 0.05) is 48.7 Å². The Morgan fingerprint density at radius 1 is 0.322 bits per heavy atom. The highest BCUT2D eigenvalue weighted by molar-refractivity contribution is 7.26. The lowest BCUT2D eigenvalue weighted by Crippen LogP contribution is -1.96. The molecule has 0 unspecified atom stereocenters. The van der Waals surface area contributed by atoms with Crippen LogP contribution in [0.1, 0.15) is 0 Å². The first-order valence-electron chi connectivity index (χ1n) is 19.9. The van der Waals surface area contributed by atoms with E-state index in [1.165, 1.54) is 57.9 Å². The smallest absolute Gasteiger partial charge is 0.160 e. The molecule has 0 aliphatic carbocycles. The van der Waals surface area contributed by atoms with Crippen LogP contribution in [0.15, 0.2) is 200 Å². The topological polar surface area (TPSA) is 38.7 Å². The molecule has 0 aliphatic heterocycles. The average molecular weight is 768 g/mol. The van der Waals surface area contributed by atoms with Crippen molar-refractivity contribution in [2.75, 3.05) is 0 Å². The second-order valence-corrected chi connectivity index (χ2v) is 16.1. The Labute approximate surface area is 344 Å². The molecule has 0 bridgehead atoms. The highest BCUT2D eigenvalue weighted by Gasteiger charge is 2.20. The van der Waals surface area contributed by atoms with Crippen molar-refractivity contribution in [3.05, 3.63) is 200 Å². The Balaban J connectivity index is 1.05. The summed E-state index contributed by atoms with van der Waals surface area (Å²) < 4.78 is 2.44. The van der Waals surface area contributed by atoms with E-state index in [2.05, 4.69) is 188 Å². The number of fused-ring (bicyclic) bond motifs is 11. The summed E-state index contributed by atoms with van der Waals surface area (Å²) >= 11 is 1.82. The Morgan fingerprint density at radius 3 is 1.47 bits per heavy atom. The molecule has 0 fully saturated rings. The zero-order valence-corrected chi connectivity index (χ0v) is 32.6. The number of pyridine rings is 1. The third kappa shape index (κ3) is 5.53. The van der Waals surface area contributed by atoms with Crippen LogP contribution in [0.2, 0.25) is 0 Å². The summed E-state index contributed by atoms with van der Waals surface area (Å²) in [6.45, 7) is 0. The summed E-state index contributed by atoms with van der Waals surface area (Å²) in [5, 5.41) is 11.3. The molecular formula is C55H33N3S. The van der Waals surface area contributed by atoms with Crippen molar-refractivity contribution in [3.8, 4) is 56.3 Å². The first-order valence-corrected chi connectivity index (χ1v) is 20.8. The maximum atomic E-state index is 5.63. The van der Waals surface area contributed by atoms with Gasteiger partial charge < -0.3 is 0 Å². The van der Waals surface area contributed by atoms with Crippen LogP contribution in [-0.2, 0) is 0 Å². The third-order valence-electron chi connectivity index (χ3n) is 11.7. The number of para-hydroxylation sites is 1. The largest absolute Gasteiger partial charge is 0.246 e. The third-order valence-corrected chi connectivity index (χ3v) is 12.9. The van der Waals surface area contributed by atoms with Crippen molar-refractivity contribution in [2.24, 2.45) is 0 Å². The molecule has 12 aromatic rings. The highest BCUT2D eigenvalue weighted by Crippen LogP contribution is 2.45. The van der Waals surface area contributed by atoms with Crippen LogP contribution in [0, 0.1) is 0 Å². The normalized spacial score (nSPS) is 11.7. The predicted octanol–water partition coefficient (Wildman–Crippen LogP) is 15.2. The van der Waals surface area contributed by atoms with Gasteiger partial charge in [0.05, 0.1) is 27.3 Å². The molecule has 3 heterocycles. The second-order valence-electron chi connectivity index (χ2n) is 15.1. The van der Waals surface area contributed by atoms with Crippen molar-refractivity contribution in [1.29, 1.82) is 0 Å². The Kier molecular flexibility index (Phi) is 7.72. The van der Waals surface area contributed by atoms with Crippen molar-refractivity contribution in [2.45, 2.75) is 0 Å². The number of aromatic nitrogens is 3. The van der Waals surface area contributed by atoms with Gasteiger partial charge in [-0.15, -0.1) is 11.3 Å². The Bertz CT molecular complexity index is 3500. The van der Waals surface area contributed by atoms with Gasteiger partial charge in [-0.2, -0.15) is 0 Å². The molecule has 4 heteroatoms. The van der Waals surface area contributed by atoms with Gasteiger partial charge in [-0.05, 0) is 56.1 Å². The molecular weight excluding hydrogens is 735 g/mol. The lowest BCUT2D eigenvalue weighted by molar-refractivity contribution is 1.18. The molecule has 3 nitrogen and oxygen atoms in total. The minimum atomic E-state index is 0.689. The summed E-state index contributed by atoms with van der Waals surface area (Å²) in [5.74, 6) is 0.689. The summed E-state index contributed by atoms with van der Waals surface area (Å²) in [6.07, 6.45) is 0. The minimum absolute atomic E-state index is 0.689. The lowest BCUT2D eigenvalue weighted by atomic mass is 9.91. The van der Waals surface area contributed by atoms with Gasteiger partial charge >= 0.3 is 0 Å². The lowest BCUT2D eigenvalue weighted by Gasteiger charge is -2.14. The minimum Gasteiger partial charge on any atom is -0.246 e. The van der Waals surface area contributed by atoms with E-state index in [1.54, 1.807) is 0 Å². The molecule has 0 saturated carbocycles. The zero-order valence-electron chi connectivity index (χ0n) is 31.8. The Morgan fingerprint density at radius 2 is 0.831 bits per heavy atom. The fourth-order valence-electron chi connectivity index (χ4n) is 8.88. The molecule has 12 rings (SSSR count). The number of thiophene rings is 1. The number of hydrogen-bond donors (Lipinski definition) is 0. The van der Waals surface area contributed by atoms with Gasteiger partial charge in [-0.25, -0.2) is 15.0 Å². The van der Waals surface area contributed by atoms with E-state index in [9.17, 15) is 0 Å². The molecule has 0 aliphatic rings. The van der Waals surface area contributed by atoms with E-state index >= 15 is 0 Å². The molecule has 0 saturated heterocycles. The van der Waals surface area contributed by atoms with Gasteiger partial charge in [0.2, 0.25) is 0 Å². The predicted molar refractivity (Wildman–Crippen MR) is 250 cm³/mol. The van der Waals surface area contributed by atoms with Crippen LogP contribution in [0.3, 0.4) is 0 Å². The van der Waals surface area contributed by atoms with Crippen LogP contribution in [-0.4, -0.2) is 15.0 Å². The Hall–Kier alpha value is -7.53. The quantitative estimate of drug-likeness (QED) is 0.164. The number of benzene rings is 9. The van der Waals surface area contributed by atoms with E-state index in [1.807, 2.05) is 23.5 Å². The van der Waals surface area contributed by atoms with Crippen LogP contribution in [0.4, 0.5) is 0 Å². The maximum Gasteiger partial charge on any atom is 0.160 e. The van der Waals surface area contributed by atoms with E-state index in [-0.39, 0.29) is 0 Å². The average Bonchev–Trinajstić information content (AvgIpc) is 3.72. The van der Waals surface area contributed by atoms with Crippen molar-refractivity contribution in [3.63, 3.8) is 0 Å². The maximum absolute atomic E-state index is 5.63. The van der Waals surface area contributed by atoms with Gasteiger partial charge in [0.1, 0.15) is 0 Å². The van der Waals surface area contributed by atoms with Crippen LogP contribution >= 0.6 is 11.3 Å². The molecule has 0 amide bonds. The zero-order chi connectivity index (χ0) is 38.9. The first-order chi connectivity index (χ1) is 29.2. The number of hydrogen-bond acceptors (Lipinski definition) is 4. The van der Waals surface area contributed by atoms with Gasteiger partial charge in [0.15, 0.2) is 5.82 Å². The van der Waals surface area contributed by atoms with E-state index in [4.69, 9.17) is 15.0 Å². The van der Waals surface area contributed by atoms with Crippen molar-refractivity contribution in [1.82, 2.24) is 15.0 Å². The standard InChI is InChI=1S/C55H33N3S/c1-3-14-34(15-4-1)48-33-49(35-16-5-2-6-17-35)57-55(56-48)37-28-26-36(27-29-37)52-54-51(45-22-11-12-25-50(45)59-54)46-24-13-23-39(53(46)58-52)38-30-31-44-42-20-8-7-18-40(42)41-19-9-10-21-43(41)47(44)32-38/h1-33H. The molecule has 9 aromatic carbocycles. The first kappa shape index (κ1) is 33.6. The summed E-state index contributed by atoms with van der Waals surface area (Å²) in [7, 11) is 0. The van der Waals surface area contributed by atoms with Crippen LogP contribution < -0.4 is 0 Å². The van der Waals surface area contributed by atoms with E-state index in [0.29, 0.717) is 5.82 Å². The van der Waals surface area contributed by atoms with Crippen LogP contribution in [0.5, 0.6) is 0 Å². The van der Waals surface area contributed by atoms with E-state index < -0.39 is 0 Å². The number of nitrogens with zero attached hydrogens (tertiary/aromatic N) is 3. The van der Waals surface area contributed by atoms with Crippen molar-refractivity contribution < 1.29 is 0 Å². The SMILES string of the molecule is c1ccc(-c2cc(-c3ccccc3)nc(-c3ccc(-c4nc5c(-c6ccc7c8ccccc8c8ccccc8c7c6)cccc5c5c4sc4ccccc45)cc3)n2)cc1. The second kappa shape index (κ2) is 13.6. The molecule has 0 radical (unpaired) electrons. The highest BCUT2D eigenvalue weighted by atomic mass is 32.1. The summed E-state index contributed by atoms with van der Waals surface area (Å²) in [4.78, 5) is 15.8. The molecule has 0 N–H and O–H groups in total. The fourth-order valence-corrected chi connectivity index (χ4v) is 10.1. The van der Waals surface area contributed by atoms with Crippen molar-refractivity contribution >= 4 is 74.7 Å². The molecule has 3 aromatic heterocycles. The number of rotatable bonds is 5. The molecule has 0 spiro atoms. The summed E-state index contributed by atoms with van der Waals surface area (Å²) in [5.41, 5.74) is 10.2. The summed E-state index contributed by atoms with van der Waals surface area (Å²) in [6, 6.07) is 71.3. The molecule has 59 heavy (non-hydrogen) atoms. The van der Waals surface area contributed by atoms with Gasteiger partial charge in [0.25, 0.3) is 0 Å². The monoisotopic (exact) mass is 767 g/mol. The molecule has 0 atom stereocenters. The van der Waals surface area contributed by atoms with Gasteiger partial charge in [-0.1, -0.05) is 182 Å². The van der Waals surface area contributed by atoms with Gasteiger partial charge in [-0.3, -0.25) is 0 Å². The molecule has 274 valence electrons. The fraction of sp³-hybridized carbons (Fsp3) is 0. The van der Waals surface area contributed by atoms with Crippen LogP contribution in [0.25, 0.3) is 120 Å². The van der Waals surface area contributed by atoms with E-state index in [0.717, 1.165) is 56.0 Å².